The summed E-state index contributed by atoms with van der Waals surface area (Å²) in [6.07, 6.45) is 2.15. The van der Waals surface area contributed by atoms with Crippen molar-refractivity contribution in [1.82, 2.24) is 10.2 Å². The molecule has 1 fully saturated rings. The van der Waals surface area contributed by atoms with Gasteiger partial charge < -0.3 is 15.0 Å². The molecule has 1 aliphatic heterocycles. The predicted octanol–water partition coefficient (Wildman–Crippen LogP) is 1.66. The first-order chi connectivity index (χ1) is 9.70. The van der Waals surface area contributed by atoms with Crippen LogP contribution in [0.15, 0.2) is 24.3 Å². The van der Waals surface area contributed by atoms with E-state index in [1.165, 1.54) is 12.1 Å². The maximum Gasteiger partial charge on any atom is 0.260 e. The van der Waals surface area contributed by atoms with E-state index in [9.17, 15) is 9.18 Å². The summed E-state index contributed by atoms with van der Waals surface area (Å²) >= 11 is 0. The number of rotatable bonds is 5. The fourth-order valence-corrected chi connectivity index (χ4v) is 2.54. The molecule has 1 atom stereocenters. The number of para-hydroxylation sites is 1. The minimum Gasteiger partial charge on any atom is -0.481 e. The molecule has 20 heavy (non-hydrogen) atoms. The van der Waals surface area contributed by atoms with Crippen molar-refractivity contribution in [2.45, 2.75) is 12.8 Å². The smallest absolute Gasteiger partial charge is 0.260 e. The van der Waals surface area contributed by atoms with E-state index in [0.29, 0.717) is 5.92 Å². The molecule has 1 aromatic carbocycles. The second kappa shape index (κ2) is 7.24. The van der Waals surface area contributed by atoms with Crippen LogP contribution in [0.25, 0.3) is 0 Å². The highest BCUT2D eigenvalue weighted by Gasteiger charge is 2.23. The second-order valence-electron chi connectivity index (χ2n) is 5.12. The summed E-state index contributed by atoms with van der Waals surface area (Å²) in [5.41, 5.74) is 0. The minimum absolute atomic E-state index is 0.0749. The number of halogens is 1. The Morgan fingerprint density at radius 2 is 2.30 bits per heavy atom. The average molecular weight is 280 g/mol. The summed E-state index contributed by atoms with van der Waals surface area (Å²) in [4.78, 5) is 13.9. The highest BCUT2D eigenvalue weighted by Crippen LogP contribution is 2.18. The first kappa shape index (κ1) is 14.8. The molecule has 110 valence electrons. The number of carbonyl (C=O) groups excluding carboxylic acids is 1. The van der Waals surface area contributed by atoms with E-state index >= 15 is 0 Å². The molecule has 1 heterocycles. The van der Waals surface area contributed by atoms with E-state index in [1.807, 2.05) is 11.9 Å². The Morgan fingerprint density at radius 3 is 3.05 bits per heavy atom. The molecule has 4 nitrogen and oxygen atoms in total. The lowest BCUT2D eigenvalue weighted by atomic mass is 9.98. The van der Waals surface area contributed by atoms with Gasteiger partial charge in [0.05, 0.1) is 0 Å². The molecular formula is C15H21FN2O2. The van der Waals surface area contributed by atoms with E-state index < -0.39 is 5.82 Å². The van der Waals surface area contributed by atoms with Gasteiger partial charge in [0, 0.05) is 13.1 Å². The molecule has 0 aromatic heterocycles. The van der Waals surface area contributed by atoms with Crippen molar-refractivity contribution in [2.75, 3.05) is 33.3 Å². The standard InChI is InChI=1S/C15H21FN2O2/c1-17-9-12-5-4-8-18(10-12)15(19)11-20-14-7-3-2-6-13(14)16/h2-3,6-7,12,17H,4-5,8-11H2,1H3/t12-/m0/s1. The third-order valence-corrected chi connectivity index (χ3v) is 3.55. The van der Waals surface area contributed by atoms with Gasteiger partial charge in [0.15, 0.2) is 18.2 Å². The number of amides is 1. The van der Waals surface area contributed by atoms with Crippen LogP contribution in [-0.4, -0.2) is 44.1 Å². The van der Waals surface area contributed by atoms with Gasteiger partial charge in [-0.25, -0.2) is 4.39 Å². The highest BCUT2D eigenvalue weighted by molar-refractivity contribution is 5.77. The van der Waals surface area contributed by atoms with Crippen molar-refractivity contribution in [2.24, 2.45) is 5.92 Å². The number of nitrogens with zero attached hydrogens (tertiary/aromatic N) is 1. The molecule has 1 aliphatic rings. The zero-order valence-corrected chi connectivity index (χ0v) is 11.8. The quantitative estimate of drug-likeness (QED) is 0.892. The third kappa shape index (κ3) is 3.93. The summed E-state index contributed by atoms with van der Waals surface area (Å²) in [6.45, 7) is 2.32. The SMILES string of the molecule is CNC[C@@H]1CCCN(C(=O)COc2ccccc2F)C1. The molecule has 1 N–H and O–H groups in total. The predicted molar refractivity (Wildman–Crippen MR) is 75.1 cm³/mol. The van der Waals surface area contributed by atoms with Crippen LogP contribution < -0.4 is 10.1 Å². The summed E-state index contributed by atoms with van der Waals surface area (Å²) in [5, 5.41) is 3.14. The van der Waals surface area contributed by atoms with Crippen LogP contribution in [0.1, 0.15) is 12.8 Å². The van der Waals surface area contributed by atoms with Crippen LogP contribution in [0, 0.1) is 11.7 Å². The van der Waals surface area contributed by atoms with Crippen LogP contribution in [0.4, 0.5) is 4.39 Å². The fraction of sp³-hybridized carbons (Fsp3) is 0.533. The van der Waals surface area contributed by atoms with E-state index in [2.05, 4.69) is 5.32 Å². The number of piperidine rings is 1. The van der Waals surface area contributed by atoms with Gasteiger partial charge in [0.2, 0.25) is 0 Å². The number of hydrogen-bond donors (Lipinski definition) is 1. The molecule has 0 spiro atoms. The molecule has 1 aromatic rings. The van der Waals surface area contributed by atoms with Gasteiger partial charge >= 0.3 is 0 Å². The number of nitrogens with one attached hydrogen (secondary N) is 1. The molecule has 0 radical (unpaired) electrons. The number of benzene rings is 1. The number of ether oxygens (including phenoxy) is 1. The van der Waals surface area contributed by atoms with Gasteiger partial charge in [-0.3, -0.25) is 4.79 Å². The van der Waals surface area contributed by atoms with Gasteiger partial charge in [0.25, 0.3) is 5.91 Å². The van der Waals surface area contributed by atoms with Crippen molar-refractivity contribution in [1.29, 1.82) is 0 Å². The third-order valence-electron chi connectivity index (χ3n) is 3.55. The topological polar surface area (TPSA) is 41.6 Å². The van der Waals surface area contributed by atoms with Crippen molar-refractivity contribution in [3.63, 3.8) is 0 Å². The molecule has 0 saturated carbocycles. The Balaban J connectivity index is 1.84. The van der Waals surface area contributed by atoms with E-state index in [0.717, 1.165) is 32.5 Å². The van der Waals surface area contributed by atoms with Crippen LogP contribution in [0.2, 0.25) is 0 Å². The molecule has 1 amide bonds. The Labute approximate surface area is 118 Å². The van der Waals surface area contributed by atoms with Gasteiger partial charge in [0.1, 0.15) is 0 Å². The van der Waals surface area contributed by atoms with Gasteiger partial charge in [-0.15, -0.1) is 0 Å². The molecule has 1 saturated heterocycles. The minimum atomic E-state index is -0.438. The number of hydrogen-bond acceptors (Lipinski definition) is 3. The summed E-state index contributed by atoms with van der Waals surface area (Å²) in [6, 6.07) is 6.13. The first-order valence-electron chi connectivity index (χ1n) is 7.00. The number of carbonyl (C=O) groups is 1. The van der Waals surface area contributed by atoms with Crippen molar-refractivity contribution in [3.8, 4) is 5.75 Å². The molecule has 5 heteroatoms. The lowest BCUT2D eigenvalue weighted by Gasteiger charge is -2.32. The van der Waals surface area contributed by atoms with Crippen LogP contribution in [0.3, 0.4) is 0 Å². The highest BCUT2D eigenvalue weighted by atomic mass is 19.1. The largest absolute Gasteiger partial charge is 0.481 e. The molecule has 2 rings (SSSR count). The van der Waals surface area contributed by atoms with Gasteiger partial charge in [-0.1, -0.05) is 12.1 Å². The zero-order chi connectivity index (χ0) is 14.4. The average Bonchev–Trinajstić information content (AvgIpc) is 2.47. The summed E-state index contributed by atoms with van der Waals surface area (Å²) in [5.74, 6) is 0.108. The Morgan fingerprint density at radius 1 is 1.50 bits per heavy atom. The van der Waals surface area contributed by atoms with Crippen LogP contribution in [-0.2, 0) is 4.79 Å². The van der Waals surface area contributed by atoms with Crippen LogP contribution >= 0.6 is 0 Å². The lowest BCUT2D eigenvalue weighted by molar-refractivity contribution is -0.135. The van der Waals surface area contributed by atoms with E-state index in [4.69, 9.17) is 4.74 Å². The molecule has 0 aliphatic carbocycles. The fourth-order valence-electron chi connectivity index (χ4n) is 2.54. The first-order valence-corrected chi connectivity index (χ1v) is 7.00. The summed E-state index contributed by atoms with van der Waals surface area (Å²) < 4.78 is 18.7. The maximum atomic E-state index is 13.4. The van der Waals surface area contributed by atoms with E-state index in [1.54, 1.807) is 12.1 Å². The Kier molecular flexibility index (Phi) is 5.35. The zero-order valence-electron chi connectivity index (χ0n) is 11.8. The number of likely N-dealkylation sites (tertiary alicyclic amines) is 1. The normalized spacial score (nSPS) is 18.9. The van der Waals surface area contributed by atoms with Crippen molar-refractivity contribution >= 4 is 5.91 Å². The molecule has 0 bridgehead atoms. The van der Waals surface area contributed by atoms with Gasteiger partial charge in [-0.05, 0) is 44.5 Å². The Hall–Kier alpha value is -1.62. The second-order valence-corrected chi connectivity index (χ2v) is 5.12. The summed E-state index contributed by atoms with van der Waals surface area (Å²) in [7, 11) is 1.92. The van der Waals surface area contributed by atoms with Gasteiger partial charge in [-0.2, -0.15) is 0 Å². The van der Waals surface area contributed by atoms with Crippen molar-refractivity contribution in [3.05, 3.63) is 30.1 Å². The lowest BCUT2D eigenvalue weighted by Crippen LogP contribution is -2.44. The Bertz CT molecular complexity index is 451. The maximum absolute atomic E-state index is 13.4. The van der Waals surface area contributed by atoms with Crippen molar-refractivity contribution < 1.29 is 13.9 Å². The monoisotopic (exact) mass is 280 g/mol. The molecular weight excluding hydrogens is 259 g/mol. The van der Waals surface area contributed by atoms with Crippen LogP contribution in [0.5, 0.6) is 5.75 Å². The molecule has 0 unspecified atom stereocenters. The van der Waals surface area contributed by atoms with E-state index in [-0.39, 0.29) is 18.3 Å².